The van der Waals surface area contributed by atoms with E-state index in [4.69, 9.17) is 42.1 Å². The maximum Gasteiger partial charge on any atom is 0.261 e. The molecule has 4 amide bonds. The average Bonchev–Trinajstić information content (AvgIpc) is 0.691. The molecule has 0 spiro atoms. The monoisotopic (exact) mass is 1810 g/mol. The number of carbonyl (C=O) groups is 4. The number of benzene rings is 7. The third-order valence-electron chi connectivity index (χ3n) is 25.1. The molecule has 16 atom stereocenters. The van der Waals surface area contributed by atoms with Crippen LogP contribution in [-0.2, 0) is 52.5 Å². The molecule has 4 fully saturated rings. The summed E-state index contributed by atoms with van der Waals surface area (Å²) in [6.45, 7) is -0.257. The van der Waals surface area contributed by atoms with Crippen molar-refractivity contribution in [3.63, 3.8) is 0 Å². The number of likely N-dealkylation sites (tertiary alicyclic amines) is 4. The van der Waals surface area contributed by atoms with Gasteiger partial charge >= 0.3 is 0 Å². The molecule has 42 nitrogen and oxygen atoms in total. The van der Waals surface area contributed by atoms with Crippen molar-refractivity contribution in [2.24, 2.45) is 0 Å². The number of rotatable bonds is 34. The van der Waals surface area contributed by atoms with Gasteiger partial charge in [0.25, 0.3) is 23.6 Å². The lowest BCUT2D eigenvalue weighted by Crippen LogP contribution is -2.62. The van der Waals surface area contributed by atoms with E-state index in [1.807, 2.05) is 0 Å². The van der Waals surface area contributed by atoms with E-state index in [-0.39, 0.29) is 175 Å². The van der Waals surface area contributed by atoms with Crippen LogP contribution in [0, 0.1) is 0 Å². The SMILES string of the molecule is O=C1c2cc(Cl)c3c4c(Cl)cc5c6c(cc(Oc7ccc(OCc8cn(CCCN9C[C@H](O)[C@@H](O)[C@H](O)[C@H]9CO)nn8)cc7)c(c7c(Oc8ccc(OCc9cn(CCCN%10C[C@H](O)[C@@H](O)[C@H](O)[C@H]%10CO)nn9)cc8)cc(c2c37)C(=O)N1Cc1cn(CCCN2C[C@H](O)[C@@H](O)[C@H](O)[C@H]2CO)nn1)c64)C(=O)N(Cc1cn(CCCN2C[C@H](O)[C@@H](O)[C@H](O)[C@H]2CO)nn1)C5=O. The smallest absolute Gasteiger partial charge is 0.261 e. The van der Waals surface area contributed by atoms with Crippen LogP contribution in [0.25, 0.3) is 43.1 Å². The maximum atomic E-state index is 15.8. The van der Waals surface area contributed by atoms with E-state index in [1.165, 1.54) is 33.6 Å². The molecule has 0 radical (unpaired) electrons. The van der Waals surface area contributed by atoms with Crippen molar-refractivity contribution >= 4 is 89.9 Å². The van der Waals surface area contributed by atoms with Crippen LogP contribution in [0.2, 0.25) is 10.0 Å². The summed E-state index contributed by atoms with van der Waals surface area (Å²) in [4.78, 5) is 71.3. The van der Waals surface area contributed by atoms with Crippen molar-refractivity contribution in [2.75, 3.05) is 78.8 Å². The maximum absolute atomic E-state index is 15.8. The first-order valence-electron chi connectivity index (χ1n) is 42.0. The van der Waals surface area contributed by atoms with Gasteiger partial charge in [-0.15, -0.1) is 20.4 Å². The van der Waals surface area contributed by atoms with Crippen LogP contribution in [0.4, 0.5) is 0 Å². The van der Waals surface area contributed by atoms with Crippen molar-refractivity contribution in [2.45, 2.75) is 176 Å². The minimum Gasteiger partial charge on any atom is -0.487 e. The highest BCUT2D eigenvalue weighted by atomic mass is 35.5. The molecule has 10 heterocycles. The molecule has 680 valence electrons. The number of hydrogen-bond acceptors (Lipinski definition) is 36. The van der Waals surface area contributed by atoms with Crippen LogP contribution in [0.1, 0.15) is 89.9 Å². The van der Waals surface area contributed by atoms with E-state index in [1.54, 1.807) is 102 Å². The van der Waals surface area contributed by atoms with E-state index in [0.29, 0.717) is 74.7 Å². The number of aromatic nitrogens is 12. The fraction of sp³-hybridized carbons (Fsp3) is 0.476. The Kier molecular flexibility index (Phi) is 26.3. The molecular formula is C84H96Cl2N18O24. The van der Waals surface area contributed by atoms with Crippen LogP contribution < -0.4 is 18.9 Å². The minimum atomic E-state index is -1.45. The Labute approximate surface area is 737 Å². The molecule has 44 heteroatoms. The summed E-state index contributed by atoms with van der Waals surface area (Å²) in [5.41, 5.74) is 1.14. The molecule has 0 unspecified atom stereocenters. The van der Waals surface area contributed by atoms with Crippen molar-refractivity contribution in [1.29, 1.82) is 0 Å². The standard InChI is InChI=1S/C84H96Cl2N18O24/c85-53-21-49-65-51(83(123)103(81(49)121)29-41-25-99(91-87-41)17-1-13-95-31-59(109)77(117)73(113)55(95)35-105)23-63(127-47-9-5-45(6-10-47)125-39-43-27-101(93-89-43)19-3-15-97-33-61(111)79(119)75(115)57(97)37-107)69-70-64(128-48-11-7-46(8-12-48)126-40-44-28-102(94-90-44)20-4-16-98-34-62(112)80(120)76(116)58(98)38-108)24-52-66-50(22-54(86)68(72(66)70)67(53)71(65)69)82(122)104(84(52)124)30-42-26-100(92-88-42)18-2-14-96-32-60(110)78(118)74(114)56(96)36-106/h5-12,21-28,55-62,73-80,105-120H,1-4,13-20,29-40H2/t55-,56-,57-,58-,59+,60+,61+,62+,73-,74-,75-,76-,77-,78-,79-,80-/m1/s1. The summed E-state index contributed by atoms with van der Waals surface area (Å²) < 4.78 is 32.8. The van der Waals surface area contributed by atoms with Crippen LogP contribution in [0.5, 0.6) is 34.5 Å². The number of carbonyl (C=O) groups excluding carboxylic acids is 4. The average molecular weight is 1810 g/mol. The van der Waals surface area contributed by atoms with Crippen molar-refractivity contribution in [3.05, 3.63) is 153 Å². The van der Waals surface area contributed by atoms with Gasteiger partial charge in [-0.25, -0.2) is 0 Å². The van der Waals surface area contributed by atoms with E-state index >= 15 is 19.2 Å². The molecule has 7 aromatic carbocycles. The summed E-state index contributed by atoms with van der Waals surface area (Å²) in [5, 5.41) is 201. The fourth-order valence-corrected chi connectivity index (χ4v) is 19.1. The van der Waals surface area contributed by atoms with Crippen LogP contribution in [-0.4, -0.2) is 371 Å². The van der Waals surface area contributed by atoms with Gasteiger partial charge in [-0.05, 0) is 98.5 Å². The Morgan fingerprint density at radius 2 is 0.586 bits per heavy atom. The number of amides is 4. The number of halogens is 2. The van der Waals surface area contributed by atoms with Gasteiger partial charge in [0.2, 0.25) is 0 Å². The van der Waals surface area contributed by atoms with E-state index in [9.17, 15) is 81.7 Å². The number of hydrogen-bond donors (Lipinski definition) is 16. The van der Waals surface area contributed by atoms with Gasteiger partial charge in [-0.1, -0.05) is 44.1 Å². The molecule has 17 rings (SSSR count). The van der Waals surface area contributed by atoms with Gasteiger partial charge in [-0.3, -0.25) is 67.3 Å². The number of imide groups is 2. The molecule has 11 aromatic rings. The molecule has 0 aliphatic carbocycles. The second-order valence-electron chi connectivity index (χ2n) is 33.3. The molecule has 4 saturated heterocycles. The Bertz CT molecular complexity index is 5540. The number of β-amino-alcohol motifs (C(OH)–C–C–N with tert-alkyl or cyclic N) is 4. The number of ether oxygens (including phenoxy) is 4. The molecule has 128 heavy (non-hydrogen) atoms. The third-order valence-corrected chi connectivity index (χ3v) is 25.7. The Morgan fingerprint density at radius 1 is 0.320 bits per heavy atom. The van der Waals surface area contributed by atoms with Crippen LogP contribution in [0.15, 0.2) is 97.6 Å². The zero-order valence-electron chi connectivity index (χ0n) is 68.7. The summed E-state index contributed by atoms with van der Waals surface area (Å²) in [6.07, 6.45) is -7.97. The number of aliphatic hydroxyl groups excluding tert-OH is 16. The quantitative estimate of drug-likeness (QED) is 0.0122. The number of aliphatic hydroxyl groups is 16. The second-order valence-corrected chi connectivity index (χ2v) is 34.1. The molecule has 16 N–H and O–H groups in total. The Hall–Kier alpha value is -10.3. The van der Waals surface area contributed by atoms with Crippen LogP contribution >= 0.6 is 23.2 Å². The lowest BCUT2D eigenvalue weighted by molar-refractivity contribution is -0.145. The normalized spacial score (nSPS) is 25.7. The minimum absolute atomic E-state index is 0.0178. The lowest BCUT2D eigenvalue weighted by Gasteiger charge is -2.43. The highest BCUT2D eigenvalue weighted by Gasteiger charge is 2.47. The highest BCUT2D eigenvalue weighted by Crippen LogP contribution is 2.56. The summed E-state index contributed by atoms with van der Waals surface area (Å²) >= 11 is 15.4. The van der Waals surface area contributed by atoms with Gasteiger partial charge in [0, 0.05) is 132 Å². The molecular weight excluding hydrogens is 1720 g/mol. The number of fused-ring (bicyclic) bond motifs is 2. The van der Waals surface area contributed by atoms with Gasteiger partial charge in [0.15, 0.2) is 0 Å². The lowest BCUT2D eigenvalue weighted by atomic mass is 9.81. The van der Waals surface area contributed by atoms with Gasteiger partial charge in [-0.2, -0.15) is 0 Å². The molecule has 6 aliphatic heterocycles. The largest absolute Gasteiger partial charge is 0.487 e. The van der Waals surface area contributed by atoms with Crippen molar-refractivity contribution < 1.29 is 120 Å². The Morgan fingerprint density at radius 3 is 0.875 bits per heavy atom. The van der Waals surface area contributed by atoms with E-state index < -0.39 is 161 Å². The first-order chi connectivity index (χ1) is 61.7. The molecule has 0 bridgehead atoms. The number of nitrogens with zero attached hydrogens (tertiary/aromatic N) is 18. The topological polar surface area (TPSA) is 571 Å². The Balaban J connectivity index is 0.714. The summed E-state index contributed by atoms with van der Waals surface area (Å²) in [6, 6.07) is 15.4. The predicted octanol–water partition coefficient (Wildman–Crippen LogP) is -1.66. The summed E-state index contributed by atoms with van der Waals surface area (Å²) in [7, 11) is 0. The number of aryl methyl sites for hydroxylation is 4. The van der Waals surface area contributed by atoms with Gasteiger partial charge in [0.05, 0.1) is 135 Å². The molecule has 6 aliphatic rings. The third kappa shape index (κ3) is 17.4. The first-order valence-corrected chi connectivity index (χ1v) is 42.8. The van der Waals surface area contributed by atoms with Gasteiger partial charge < -0.3 is 101 Å². The second kappa shape index (κ2) is 37.6. The number of piperidine rings is 4. The first kappa shape index (κ1) is 89.6. The highest BCUT2D eigenvalue weighted by molar-refractivity contribution is 6.52. The van der Waals surface area contributed by atoms with E-state index in [0.717, 1.165) is 9.80 Å². The predicted molar refractivity (Wildman–Crippen MR) is 448 cm³/mol. The zero-order chi connectivity index (χ0) is 89.9. The fourth-order valence-electron chi connectivity index (χ4n) is 18.5. The summed E-state index contributed by atoms with van der Waals surface area (Å²) in [5.74, 6) is -2.20. The van der Waals surface area contributed by atoms with Crippen molar-refractivity contribution in [1.82, 2.24) is 89.4 Å². The van der Waals surface area contributed by atoms with Crippen LogP contribution in [0.3, 0.4) is 0 Å². The van der Waals surface area contributed by atoms with Crippen molar-refractivity contribution in [3.8, 4) is 34.5 Å². The molecule has 4 aromatic heterocycles. The van der Waals surface area contributed by atoms with E-state index in [2.05, 4.69) is 41.2 Å². The zero-order valence-corrected chi connectivity index (χ0v) is 70.2. The molecule has 0 saturated carbocycles. The van der Waals surface area contributed by atoms with Gasteiger partial charge in [0.1, 0.15) is 119 Å².